The minimum atomic E-state index is -0.380. The van der Waals surface area contributed by atoms with Gasteiger partial charge in [0.2, 0.25) is 0 Å². The SMILES string of the molecule is CC(CN)CCC(=O)Cc1cc(Cl)ccc1F. The smallest absolute Gasteiger partial charge is 0.137 e. The maximum atomic E-state index is 13.4. The number of hydrogen-bond acceptors (Lipinski definition) is 2. The second-order valence-corrected chi connectivity index (χ2v) is 4.77. The summed E-state index contributed by atoms with van der Waals surface area (Å²) >= 11 is 5.76. The summed E-state index contributed by atoms with van der Waals surface area (Å²) in [6.45, 7) is 2.56. The quantitative estimate of drug-likeness (QED) is 0.851. The Labute approximate surface area is 106 Å². The van der Waals surface area contributed by atoms with Crippen molar-refractivity contribution in [2.24, 2.45) is 11.7 Å². The van der Waals surface area contributed by atoms with Crippen molar-refractivity contribution in [1.29, 1.82) is 0 Å². The van der Waals surface area contributed by atoms with Gasteiger partial charge in [-0.1, -0.05) is 18.5 Å². The highest BCUT2D eigenvalue weighted by Crippen LogP contribution is 2.16. The lowest BCUT2D eigenvalue weighted by Gasteiger charge is -2.07. The fourth-order valence-corrected chi connectivity index (χ4v) is 1.70. The van der Waals surface area contributed by atoms with E-state index >= 15 is 0 Å². The summed E-state index contributed by atoms with van der Waals surface area (Å²) in [4.78, 5) is 11.6. The second kappa shape index (κ2) is 6.72. The van der Waals surface area contributed by atoms with E-state index in [-0.39, 0.29) is 18.0 Å². The fourth-order valence-electron chi connectivity index (χ4n) is 1.50. The fraction of sp³-hybridized carbons (Fsp3) is 0.462. The van der Waals surface area contributed by atoms with Gasteiger partial charge in [-0.3, -0.25) is 4.79 Å². The number of carbonyl (C=O) groups is 1. The lowest BCUT2D eigenvalue weighted by molar-refractivity contribution is -0.118. The van der Waals surface area contributed by atoms with Gasteiger partial charge in [-0.2, -0.15) is 0 Å². The highest BCUT2D eigenvalue weighted by Gasteiger charge is 2.10. The average Bonchev–Trinajstić information content (AvgIpc) is 2.30. The zero-order valence-electron chi connectivity index (χ0n) is 9.88. The molecule has 0 spiro atoms. The van der Waals surface area contributed by atoms with Crippen molar-refractivity contribution in [3.05, 3.63) is 34.6 Å². The maximum absolute atomic E-state index is 13.4. The van der Waals surface area contributed by atoms with E-state index in [1.807, 2.05) is 6.92 Å². The van der Waals surface area contributed by atoms with Crippen LogP contribution in [0.5, 0.6) is 0 Å². The van der Waals surface area contributed by atoms with Gasteiger partial charge in [0.25, 0.3) is 0 Å². The van der Waals surface area contributed by atoms with E-state index < -0.39 is 0 Å². The van der Waals surface area contributed by atoms with Crippen LogP contribution < -0.4 is 5.73 Å². The Morgan fingerprint density at radius 2 is 2.24 bits per heavy atom. The Balaban J connectivity index is 2.53. The van der Waals surface area contributed by atoms with Gasteiger partial charge in [0, 0.05) is 17.9 Å². The van der Waals surface area contributed by atoms with Crippen molar-refractivity contribution in [1.82, 2.24) is 0 Å². The molecule has 0 aromatic heterocycles. The molecule has 1 rings (SSSR count). The van der Waals surface area contributed by atoms with Gasteiger partial charge in [0.1, 0.15) is 11.6 Å². The molecule has 0 aliphatic carbocycles. The second-order valence-electron chi connectivity index (χ2n) is 4.33. The molecule has 0 aliphatic heterocycles. The van der Waals surface area contributed by atoms with Crippen molar-refractivity contribution in [3.8, 4) is 0 Å². The highest BCUT2D eigenvalue weighted by atomic mass is 35.5. The molecular formula is C13H17ClFNO. The lowest BCUT2D eigenvalue weighted by Crippen LogP contribution is -2.13. The maximum Gasteiger partial charge on any atom is 0.137 e. The first kappa shape index (κ1) is 14.1. The Hall–Kier alpha value is -0.930. The van der Waals surface area contributed by atoms with Crippen molar-refractivity contribution >= 4 is 17.4 Å². The largest absolute Gasteiger partial charge is 0.330 e. The van der Waals surface area contributed by atoms with E-state index in [0.29, 0.717) is 29.5 Å². The van der Waals surface area contributed by atoms with Crippen LogP contribution in [0.2, 0.25) is 5.02 Å². The summed E-state index contributed by atoms with van der Waals surface area (Å²) in [5.41, 5.74) is 5.83. The molecule has 0 amide bonds. The molecule has 2 nitrogen and oxygen atoms in total. The van der Waals surface area contributed by atoms with E-state index in [9.17, 15) is 9.18 Å². The van der Waals surface area contributed by atoms with Gasteiger partial charge in [0.05, 0.1) is 0 Å². The topological polar surface area (TPSA) is 43.1 Å². The summed E-state index contributed by atoms with van der Waals surface area (Å²) in [5, 5.41) is 0.449. The molecule has 0 bridgehead atoms. The van der Waals surface area contributed by atoms with E-state index in [1.54, 1.807) is 0 Å². The summed E-state index contributed by atoms with van der Waals surface area (Å²) in [7, 11) is 0. The van der Waals surface area contributed by atoms with Gasteiger partial charge in [-0.15, -0.1) is 0 Å². The zero-order valence-corrected chi connectivity index (χ0v) is 10.6. The number of benzene rings is 1. The predicted molar refractivity (Wildman–Crippen MR) is 67.6 cm³/mol. The van der Waals surface area contributed by atoms with Crippen LogP contribution in [0, 0.1) is 11.7 Å². The van der Waals surface area contributed by atoms with Crippen LogP contribution >= 0.6 is 11.6 Å². The predicted octanol–water partition coefficient (Wildman–Crippen LogP) is 2.97. The Morgan fingerprint density at radius 3 is 2.88 bits per heavy atom. The third-order valence-corrected chi connectivity index (χ3v) is 2.95. The molecule has 0 heterocycles. The van der Waals surface area contributed by atoms with Crippen LogP contribution in [-0.4, -0.2) is 12.3 Å². The number of nitrogens with two attached hydrogens (primary N) is 1. The molecule has 0 saturated carbocycles. The van der Waals surface area contributed by atoms with Crippen LogP contribution in [0.25, 0.3) is 0 Å². The summed E-state index contributed by atoms with van der Waals surface area (Å²) in [5.74, 6) is -0.0377. The number of carbonyl (C=O) groups excluding carboxylic acids is 1. The van der Waals surface area contributed by atoms with Gasteiger partial charge >= 0.3 is 0 Å². The first-order chi connectivity index (χ1) is 8.02. The molecule has 2 N–H and O–H groups in total. The minimum absolute atomic E-state index is 0.0199. The number of halogens is 2. The number of hydrogen-bond donors (Lipinski definition) is 1. The van der Waals surface area contributed by atoms with E-state index in [0.717, 1.165) is 6.42 Å². The molecule has 4 heteroatoms. The van der Waals surface area contributed by atoms with Crippen molar-refractivity contribution in [2.75, 3.05) is 6.54 Å². The molecule has 0 radical (unpaired) electrons. The van der Waals surface area contributed by atoms with Crippen LogP contribution in [0.15, 0.2) is 18.2 Å². The van der Waals surface area contributed by atoms with Crippen LogP contribution in [-0.2, 0) is 11.2 Å². The van der Waals surface area contributed by atoms with Gasteiger partial charge in [-0.25, -0.2) is 4.39 Å². The molecular weight excluding hydrogens is 241 g/mol. The van der Waals surface area contributed by atoms with Crippen molar-refractivity contribution in [2.45, 2.75) is 26.2 Å². The monoisotopic (exact) mass is 257 g/mol. The molecule has 1 unspecified atom stereocenters. The number of Topliss-reactive ketones (excluding diaryl/α,β-unsaturated/α-hetero) is 1. The molecule has 94 valence electrons. The lowest BCUT2D eigenvalue weighted by atomic mass is 10.00. The minimum Gasteiger partial charge on any atom is -0.330 e. The summed E-state index contributed by atoms with van der Waals surface area (Å²) in [6, 6.07) is 4.26. The molecule has 1 atom stereocenters. The zero-order chi connectivity index (χ0) is 12.8. The molecule has 17 heavy (non-hydrogen) atoms. The molecule has 0 fully saturated rings. The average molecular weight is 258 g/mol. The van der Waals surface area contributed by atoms with E-state index in [2.05, 4.69) is 0 Å². The molecule has 0 aliphatic rings. The molecule has 1 aromatic rings. The third-order valence-electron chi connectivity index (χ3n) is 2.71. The Bertz CT molecular complexity index is 395. The summed E-state index contributed by atoms with van der Waals surface area (Å²) < 4.78 is 13.4. The third kappa shape index (κ3) is 4.84. The van der Waals surface area contributed by atoms with Crippen LogP contribution in [0.1, 0.15) is 25.3 Å². The first-order valence-corrected chi connectivity index (χ1v) is 6.06. The van der Waals surface area contributed by atoms with Crippen LogP contribution in [0.4, 0.5) is 4.39 Å². The summed E-state index contributed by atoms with van der Waals surface area (Å²) in [6.07, 6.45) is 1.28. The standard InChI is InChI=1S/C13H17ClFNO/c1-9(8-16)2-4-12(17)7-10-6-11(14)3-5-13(10)15/h3,5-6,9H,2,4,7-8,16H2,1H3. The normalized spacial score (nSPS) is 12.5. The molecule has 1 aromatic carbocycles. The Kier molecular flexibility index (Phi) is 5.59. The Morgan fingerprint density at radius 1 is 1.53 bits per heavy atom. The van der Waals surface area contributed by atoms with Gasteiger partial charge in [0.15, 0.2) is 0 Å². The van der Waals surface area contributed by atoms with Gasteiger partial charge < -0.3 is 5.73 Å². The van der Waals surface area contributed by atoms with E-state index in [1.165, 1.54) is 18.2 Å². The molecule has 0 saturated heterocycles. The van der Waals surface area contributed by atoms with Crippen molar-refractivity contribution in [3.63, 3.8) is 0 Å². The number of ketones is 1. The van der Waals surface area contributed by atoms with Gasteiger partial charge in [-0.05, 0) is 42.6 Å². The highest BCUT2D eigenvalue weighted by molar-refractivity contribution is 6.30. The van der Waals surface area contributed by atoms with E-state index in [4.69, 9.17) is 17.3 Å². The first-order valence-electron chi connectivity index (χ1n) is 5.68. The number of rotatable bonds is 6. The van der Waals surface area contributed by atoms with Crippen molar-refractivity contribution < 1.29 is 9.18 Å². The van der Waals surface area contributed by atoms with Crippen LogP contribution in [0.3, 0.4) is 0 Å².